The van der Waals surface area contributed by atoms with Gasteiger partial charge in [0, 0.05) is 35.6 Å². The number of aromatic nitrogens is 3. The number of hydrogen-bond donors (Lipinski definition) is 1. The molecule has 0 fully saturated rings. The van der Waals surface area contributed by atoms with Gasteiger partial charge in [0.05, 0.1) is 17.3 Å². The predicted molar refractivity (Wildman–Crippen MR) is 124 cm³/mol. The molecule has 0 saturated carbocycles. The van der Waals surface area contributed by atoms with Crippen LogP contribution in [0.25, 0.3) is 27.6 Å². The summed E-state index contributed by atoms with van der Waals surface area (Å²) in [4.78, 5) is 40.6. The molecular weight excluding hydrogens is 421 g/mol. The van der Waals surface area contributed by atoms with Gasteiger partial charge in [0.2, 0.25) is 5.56 Å². The zero-order valence-corrected chi connectivity index (χ0v) is 18.5. The zero-order valence-electron chi connectivity index (χ0n) is 18.5. The second-order valence-corrected chi connectivity index (χ2v) is 9.44. The number of ketones is 1. The van der Waals surface area contributed by atoms with E-state index in [1.54, 1.807) is 24.3 Å². The second-order valence-electron chi connectivity index (χ2n) is 9.44. The topological polar surface area (TPSA) is 84.8 Å². The average Bonchev–Trinajstić information content (AvgIpc) is 2.87. The quantitative estimate of drug-likeness (QED) is 0.484. The number of hydrogen-bond acceptors (Lipinski definition) is 4. The predicted octanol–water partition coefficient (Wildman–Crippen LogP) is 3.85. The molecule has 33 heavy (non-hydrogen) atoms. The minimum atomic E-state index is -0.598. The molecule has 2 aromatic carbocycles. The van der Waals surface area contributed by atoms with E-state index in [0.29, 0.717) is 22.3 Å². The number of rotatable bonds is 1. The van der Waals surface area contributed by atoms with Gasteiger partial charge in [-0.25, -0.2) is 4.39 Å². The van der Waals surface area contributed by atoms with E-state index in [-0.39, 0.29) is 35.0 Å². The molecule has 1 aliphatic rings. The lowest BCUT2D eigenvalue weighted by Crippen LogP contribution is -2.24. The first-order chi connectivity index (χ1) is 15.6. The molecule has 1 N–H and O–H groups in total. The van der Waals surface area contributed by atoms with Crippen molar-refractivity contribution in [2.24, 2.45) is 0 Å². The van der Waals surface area contributed by atoms with Gasteiger partial charge in [0.15, 0.2) is 0 Å². The molecule has 0 unspecified atom stereocenters. The van der Waals surface area contributed by atoms with Crippen molar-refractivity contribution in [2.45, 2.75) is 39.0 Å². The molecule has 0 amide bonds. The smallest absolute Gasteiger partial charge is 0.282 e. The number of carbonyl (C=O) groups is 1. The van der Waals surface area contributed by atoms with Crippen molar-refractivity contribution in [2.75, 3.05) is 0 Å². The molecule has 0 atom stereocenters. The van der Waals surface area contributed by atoms with E-state index in [2.05, 4.69) is 10.1 Å². The minimum absolute atomic E-state index is 0.0414. The SMILES string of the molecule is CC(C)(C)c1cc(F)c2c(=O)n(-c3cccc4c3CC(=O)Cc3[nH]c(=O)ccc3-4)ncc2c1. The first-order valence-corrected chi connectivity index (χ1v) is 10.7. The Morgan fingerprint density at radius 3 is 2.55 bits per heavy atom. The molecule has 5 rings (SSSR count). The van der Waals surface area contributed by atoms with Gasteiger partial charge >= 0.3 is 0 Å². The maximum absolute atomic E-state index is 15.1. The average molecular weight is 443 g/mol. The Balaban J connectivity index is 1.77. The van der Waals surface area contributed by atoms with Crippen LogP contribution in [-0.4, -0.2) is 20.5 Å². The van der Waals surface area contributed by atoms with Crippen molar-refractivity contribution in [3.05, 3.63) is 92.0 Å². The second kappa shape index (κ2) is 7.33. The van der Waals surface area contributed by atoms with Crippen molar-refractivity contribution in [3.63, 3.8) is 0 Å². The third kappa shape index (κ3) is 3.50. The lowest BCUT2D eigenvalue weighted by molar-refractivity contribution is -0.117. The van der Waals surface area contributed by atoms with Crippen LogP contribution in [0.1, 0.15) is 37.6 Å². The number of pyridine rings is 1. The number of Topliss-reactive ketones (excluding diaryl/α,β-unsaturated/α-hetero) is 1. The van der Waals surface area contributed by atoms with Crippen molar-refractivity contribution >= 4 is 16.6 Å². The summed E-state index contributed by atoms with van der Waals surface area (Å²) in [6.07, 6.45) is 1.64. The summed E-state index contributed by atoms with van der Waals surface area (Å²) in [5.74, 6) is -0.696. The molecule has 0 radical (unpaired) electrons. The van der Waals surface area contributed by atoms with Crippen LogP contribution in [0, 0.1) is 5.82 Å². The zero-order chi connectivity index (χ0) is 23.5. The number of H-pyrrole nitrogens is 1. The number of fused-ring (bicyclic) bond motifs is 4. The summed E-state index contributed by atoms with van der Waals surface area (Å²) in [5, 5.41) is 4.73. The van der Waals surface area contributed by atoms with Crippen molar-refractivity contribution in [3.8, 4) is 16.8 Å². The fourth-order valence-electron chi connectivity index (χ4n) is 4.42. The van der Waals surface area contributed by atoms with Gasteiger partial charge in [-0.15, -0.1) is 0 Å². The van der Waals surface area contributed by atoms with E-state index in [0.717, 1.165) is 21.4 Å². The summed E-state index contributed by atoms with van der Waals surface area (Å²) < 4.78 is 16.3. The number of carbonyl (C=O) groups excluding carboxylic acids is 1. The third-order valence-electron chi connectivity index (χ3n) is 6.12. The summed E-state index contributed by atoms with van der Waals surface area (Å²) in [6, 6.07) is 11.6. The van der Waals surface area contributed by atoms with Gasteiger partial charge in [-0.1, -0.05) is 32.9 Å². The fraction of sp³-hybridized carbons (Fsp3) is 0.231. The molecule has 0 saturated heterocycles. The number of halogens is 1. The standard InChI is InChI=1S/C26H22FN3O3/c1-26(2,3)15-9-14-13-28-30(25(33)24(14)20(27)10-15)22-6-4-5-17-18-7-8-23(32)29-21(18)12-16(31)11-19(17)22/h4-10,13H,11-12H2,1-3H3,(H,29,32). The van der Waals surface area contributed by atoms with Gasteiger partial charge in [0.25, 0.3) is 5.56 Å². The van der Waals surface area contributed by atoms with Crippen molar-refractivity contribution in [1.29, 1.82) is 0 Å². The molecule has 0 bridgehead atoms. The lowest BCUT2D eigenvalue weighted by Gasteiger charge is -2.20. The molecule has 0 spiro atoms. The van der Waals surface area contributed by atoms with E-state index in [9.17, 15) is 14.4 Å². The molecule has 6 nitrogen and oxygen atoms in total. The Hall–Kier alpha value is -3.87. The summed E-state index contributed by atoms with van der Waals surface area (Å²) >= 11 is 0. The van der Waals surface area contributed by atoms with Crippen LogP contribution >= 0.6 is 0 Å². The fourth-order valence-corrected chi connectivity index (χ4v) is 4.42. The number of benzene rings is 2. The highest BCUT2D eigenvalue weighted by Crippen LogP contribution is 2.33. The van der Waals surface area contributed by atoms with Gasteiger partial charge in [-0.05, 0) is 46.4 Å². The summed E-state index contributed by atoms with van der Waals surface area (Å²) in [5.41, 5.74) is 2.68. The molecule has 7 heteroatoms. The Morgan fingerprint density at radius 2 is 1.79 bits per heavy atom. The summed E-state index contributed by atoms with van der Waals surface area (Å²) in [6.45, 7) is 5.93. The van der Waals surface area contributed by atoms with Crippen molar-refractivity contribution < 1.29 is 9.18 Å². The highest BCUT2D eigenvalue weighted by molar-refractivity contribution is 5.91. The maximum Gasteiger partial charge on any atom is 0.282 e. The first kappa shape index (κ1) is 21.0. The van der Waals surface area contributed by atoms with E-state index in [4.69, 9.17) is 0 Å². The largest absolute Gasteiger partial charge is 0.325 e. The van der Waals surface area contributed by atoms with Crippen LogP contribution in [0.3, 0.4) is 0 Å². The van der Waals surface area contributed by atoms with E-state index in [1.807, 2.05) is 26.8 Å². The number of nitrogens with one attached hydrogen (secondary N) is 1. The van der Waals surface area contributed by atoms with Crippen LogP contribution in [0.4, 0.5) is 4.39 Å². The normalized spacial score (nSPS) is 13.5. The Labute approximate surface area is 188 Å². The number of nitrogens with zero attached hydrogens (tertiary/aromatic N) is 2. The van der Waals surface area contributed by atoms with Crippen molar-refractivity contribution in [1.82, 2.24) is 14.8 Å². The molecule has 4 aromatic rings. The minimum Gasteiger partial charge on any atom is -0.325 e. The van der Waals surface area contributed by atoms with Gasteiger partial charge in [-0.3, -0.25) is 14.4 Å². The lowest BCUT2D eigenvalue weighted by atomic mass is 9.86. The third-order valence-corrected chi connectivity index (χ3v) is 6.12. The highest BCUT2D eigenvalue weighted by atomic mass is 19.1. The molecule has 2 heterocycles. The molecule has 0 aliphatic heterocycles. The Bertz CT molecular complexity index is 1570. The Morgan fingerprint density at radius 1 is 1.00 bits per heavy atom. The summed E-state index contributed by atoms with van der Waals surface area (Å²) in [7, 11) is 0. The van der Waals surface area contributed by atoms with Crippen LogP contribution in [0.5, 0.6) is 0 Å². The van der Waals surface area contributed by atoms with Crippen LogP contribution in [-0.2, 0) is 23.1 Å². The van der Waals surface area contributed by atoms with Crippen LogP contribution < -0.4 is 11.1 Å². The highest BCUT2D eigenvalue weighted by Gasteiger charge is 2.24. The molecule has 2 aromatic heterocycles. The monoisotopic (exact) mass is 443 g/mol. The van der Waals surface area contributed by atoms with Crippen LogP contribution in [0.2, 0.25) is 0 Å². The molecular formula is C26H22FN3O3. The van der Waals surface area contributed by atoms with Gasteiger partial charge in [0.1, 0.15) is 11.6 Å². The van der Waals surface area contributed by atoms with Crippen LogP contribution in [0.15, 0.2) is 58.3 Å². The van der Waals surface area contributed by atoms with E-state index < -0.39 is 11.4 Å². The van der Waals surface area contributed by atoms with Gasteiger partial charge in [-0.2, -0.15) is 9.78 Å². The molecule has 1 aliphatic carbocycles. The maximum atomic E-state index is 15.1. The van der Waals surface area contributed by atoms with E-state index >= 15 is 4.39 Å². The first-order valence-electron chi connectivity index (χ1n) is 10.7. The van der Waals surface area contributed by atoms with E-state index in [1.165, 1.54) is 18.3 Å². The Kier molecular flexibility index (Phi) is 4.67. The number of aromatic amines is 1. The molecule has 166 valence electrons. The van der Waals surface area contributed by atoms with Gasteiger partial charge < -0.3 is 4.98 Å².